The highest BCUT2D eigenvalue weighted by molar-refractivity contribution is 6.02. The largest absolute Gasteiger partial charge is 0.479 e. The summed E-state index contributed by atoms with van der Waals surface area (Å²) >= 11 is 0. The second-order valence-corrected chi connectivity index (χ2v) is 11.0. The molecule has 2 amide bonds. The second-order valence-electron chi connectivity index (χ2n) is 11.0. The molecule has 4 atom stereocenters. The fraction of sp³-hybridized carbons (Fsp3) is 0.500. The first-order valence-corrected chi connectivity index (χ1v) is 14.8. The number of aliphatic hydroxyl groups excluding tert-OH is 1. The molecule has 1 aromatic heterocycles. The van der Waals surface area contributed by atoms with Gasteiger partial charge in [-0.2, -0.15) is 0 Å². The average Bonchev–Trinajstić information content (AvgIpc) is 3.00. The monoisotopic (exact) mass is 612 g/mol. The van der Waals surface area contributed by atoms with Crippen LogP contribution in [0, 0.1) is 11.8 Å². The SMILES string of the molecule is C=CC(C)Nc1nc(CC)c(CC(C)C(C)CC)c(=O)n1-c1ccc(C(=O)N(C)C(=O)OCCC(=O)CC(O)C(=O)O)cc1. The summed E-state index contributed by atoms with van der Waals surface area (Å²) in [6, 6.07) is 5.99. The number of imide groups is 1. The third-order valence-electron chi connectivity index (χ3n) is 7.71. The van der Waals surface area contributed by atoms with E-state index in [9.17, 15) is 29.1 Å². The van der Waals surface area contributed by atoms with Gasteiger partial charge in [-0.25, -0.2) is 24.0 Å². The van der Waals surface area contributed by atoms with Gasteiger partial charge in [0.05, 0.1) is 11.4 Å². The van der Waals surface area contributed by atoms with E-state index in [2.05, 4.69) is 32.7 Å². The van der Waals surface area contributed by atoms with Gasteiger partial charge >= 0.3 is 12.1 Å². The van der Waals surface area contributed by atoms with Gasteiger partial charge in [-0.05, 0) is 55.9 Å². The van der Waals surface area contributed by atoms with E-state index in [0.29, 0.717) is 36.0 Å². The van der Waals surface area contributed by atoms with E-state index in [0.717, 1.165) is 17.0 Å². The molecule has 1 heterocycles. The lowest BCUT2D eigenvalue weighted by atomic mass is 9.87. The molecule has 240 valence electrons. The molecule has 4 unspecified atom stereocenters. The first kappa shape index (κ1) is 35.9. The smallest absolute Gasteiger partial charge is 0.416 e. The lowest BCUT2D eigenvalue weighted by Crippen LogP contribution is -2.34. The first-order chi connectivity index (χ1) is 20.7. The molecule has 44 heavy (non-hydrogen) atoms. The third kappa shape index (κ3) is 9.34. The van der Waals surface area contributed by atoms with Gasteiger partial charge in [0.15, 0.2) is 6.10 Å². The summed E-state index contributed by atoms with van der Waals surface area (Å²) < 4.78 is 6.46. The molecule has 0 saturated heterocycles. The summed E-state index contributed by atoms with van der Waals surface area (Å²) in [5, 5.41) is 21.2. The van der Waals surface area contributed by atoms with Crippen molar-refractivity contribution < 1.29 is 34.1 Å². The van der Waals surface area contributed by atoms with Crippen molar-refractivity contribution in [3.05, 3.63) is 64.1 Å². The zero-order valence-corrected chi connectivity index (χ0v) is 26.3. The fourth-order valence-corrected chi connectivity index (χ4v) is 4.41. The topological polar surface area (TPSA) is 168 Å². The number of benzene rings is 1. The van der Waals surface area contributed by atoms with Crippen LogP contribution in [0.2, 0.25) is 0 Å². The van der Waals surface area contributed by atoms with Crippen LogP contribution in [0.3, 0.4) is 0 Å². The Hall–Kier alpha value is -4.32. The molecule has 1 aromatic carbocycles. The standard InChI is InChI=1S/C32H44N4O8/c1-8-19(4)20(5)17-25-26(10-3)34-31(33-21(6)9-2)36(29(25)40)23-13-11-22(12-14-23)28(39)35(7)32(43)44-16-15-24(37)18-27(38)30(41)42/h9,11-14,19-21,27,38H,2,8,10,15-18H2,1,3-7H3,(H,33,34)(H,41,42). The van der Waals surface area contributed by atoms with Crippen molar-refractivity contribution in [1.82, 2.24) is 14.5 Å². The molecule has 0 aliphatic rings. The lowest BCUT2D eigenvalue weighted by molar-refractivity contribution is -0.148. The maximum absolute atomic E-state index is 14.0. The van der Waals surface area contributed by atoms with Crippen molar-refractivity contribution in [3.8, 4) is 5.69 Å². The van der Waals surface area contributed by atoms with Gasteiger partial charge in [0.1, 0.15) is 12.4 Å². The van der Waals surface area contributed by atoms with Gasteiger partial charge in [-0.3, -0.25) is 14.4 Å². The Kier molecular flexibility index (Phi) is 13.5. The summed E-state index contributed by atoms with van der Waals surface area (Å²) in [4.78, 5) is 67.3. The number of carbonyl (C=O) groups is 4. The number of Topliss-reactive ketones (excluding diaryl/α,β-unsaturated/α-hetero) is 1. The zero-order valence-electron chi connectivity index (χ0n) is 26.3. The van der Waals surface area contributed by atoms with Gasteiger partial charge in [0.2, 0.25) is 5.95 Å². The normalized spacial score (nSPS) is 13.7. The number of aliphatic hydroxyl groups is 1. The van der Waals surface area contributed by atoms with Crippen molar-refractivity contribution in [2.24, 2.45) is 11.8 Å². The van der Waals surface area contributed by atoms with Crippen LogP contribution in [0.4, 0.5) is 10.7 Å². The number of amides is 2. The molecule has 0 bridgehead atoms. The van der Waals surface area contributed by atoms with Crippen LogP contribution in [-0.4, -0.2) is 74.2 Å². The number of nitrogens with one attached hydrogen (secondary N) is 1. The van der Waals surface area contributed by atoms with Gasteiger partial charge in [0.25, 0.3) is 11.5 Å². The number of ether oxygens (including phenoxy) is 1. The summed E-state index contributed by atoms with van der Waals surface area (Å²) in [6.45, 7) is 13.7. The van der Waals surface area contributed by atoms with Crippen molar-refractivity contribution in [2.45, 2.75) is 78.9 Å². The number of hydrogen-bond acceptors (Lipinski definition) is 9. The van der Waals surface area contributed by atoms with Gasteiger partial charge in [0, 0.05) is 37.1 Å². The van der Waals surface area contributed by atoms with E-state index < -0.39 is 36.3 Å². The van der Waals surface area contributed by atoms with Crippen LogP contribution in [0.15, 0.2) is 41.7 Å². The molecule has 3 N–H and O–H groups in total. The van der Waals surface area contributed by atoms with E-state index >= 15 is 0 Å². The number of aromatic nitrogens is 2. The molecule has 0 fully saturated rings. The summed E-state index contributed by atoms with van der Waals surface area (Å²) in [5.41, 5.74) is 1.81. The maximum Gasteiger partial charge on any atom is 0.416 e. The lowest BCUT2D eigenvalue weighted by Gasteiger charge is -2.23. The predicted octanol–water partition coefficient (Wildman–Crippen LogP) is 4.01. The molecule has 12 heteroatoms. The number of anilines is 1. The number of hydrogen-bond donors (Lipinski definition) is 3. The average molecular weight is 613 g/mol. The van der Waals surface area contributed by atoms with Gasteiger partial charge < -0.3 is 20.3 Å². The Morgan fingerprint density at radius 3 is 2.30 bits per heavy atom. The molecule has 2 aromatic rings. The van der Waals surface area contributed by atoms with Crippen LogP contribution < -0.4 is 10.9 Å². The number of aliphatic carboxylic acids is 1. The van der Waals surface area contributed by atoms with Crippen LogP contribution in [0.1, 0.15) is 75.5 Å². The molecule has 12 nitrogen and oxygen atoms in total. The molecule has 0 saturated carbocycles. The number of ketones is 1. The number of nitrogens with zero attached hydrogens (tertiary/aromatic N) is 3. The van der Waals surface area contributed by atoms with Crippen LogP contribution in [0.5, 0.6) is 0 Å². The molecule has 0 radical (unpaired) electrons. The fourth-order valence-electron chi connectivity index (χ4n) is 4.41. The number of aryl methyl sites for hydroxylation is 1. The van der Waals surface area contributed by atoms with Gasteiger partial charge in [-0.1, -0.05) is 40.2 Å². The quantitative estimate of drug-likeness (QED) is 0.236. The number of carboxylic acids is 1. The highest BCUT2D eigenvalue weighted by Crippen LogP contribution is 2.23. The molecular formula is C32H44N4O8. The molecule has 0 spiro atoms. The van der Waals surface area contributed by atoms with E-state index in [-0.39, 0.29) is 36.1 Å². The molecule has 0 aliphatic heterocycles. The van der Waals surface area contributed by atoms with Crippen molar-refractivity contribution in [3.63, 3.8) is 0 Å². The number of carboxylic acid groups (broad SMARTS) is 1. The third-order valence-corrected chi connectivity index (χ3v) is 7.71. The maximum atomic E-state index is 14.0. The highest BCUT2D eigenvalue weighted by Gasteiger charge is 2.24. The highest BCUT2D eigenvalue weighted by atomic mass is 16.6. The van der Waals surface area contributed by atoms with E-state index in [1.54, 1.807) is 18.2 Å². The van der Waals surface area contributed by atoms with Crippen LogP contribution in [-0.2, 0) is 27.2 Å². The number of carbonyl (C=O) groups excluding carboxylic acids is 3. The number of rotatable bonds is 16. The van der Waals surface area contributed by atoms with Gasteiger partial charge in [-0.15, -0.1) is 6.58 Å². The second kappa shape index (κ2) is 16.5. The van der Waals surface area contributed by atoms with Crippen molar-refractivity contribution >= 4 is 29.7 Å². The predicted molar refractivity (Wildman–Crippen MR) is 166 cm³/mol. The minimum Gasteiger partial charge on any atom is -0.479 e. The Bertz CT molecular complexity index is 1400. The molecule has 2 rings (SSSR count). The molecular weight excluding hydrogens is 568 g/mol. The minimum atomic E-state index is -1.83. The zero-order chi connectivity index (χ0) is 33.1. The summed E-state index contributed by atoms with van der Waals surface area (Å²) in [6.07, 6.45) is 0.0901. The van der Waals surface area contributed by atoms with Crippen LogP contribution in [0.25, 0.3) is 5.69 Å². The first-order valence-electron chi connectivity index (χ1n) is 14.8. The van der Waals surface area contributed by atoms with Crippen molar-refractivity contribution in [2.75, 3.05) is 19.0 Å². The van der Waals surface area contributed by atoms with E-state index in [4.69, 9.17) is 14.8 Å². The van der Waals surface area contributed by atoms with E-state index in [1.165, 1.54) is 23.7 Å². The van der Waals surface area contributed by atoms with Crippen LogP contribution >= 0.6 is 0 Å². The minimum absolute atomic E-state index is 0.152. The Morgan fingerprint density at radius 2 is 1.75 bits per heavy atom. The Balaban J connectivity index is 2.31. The summed E-state index contributed by atoms with van der Waals surface area (Å²) in [7, 11) is 1.22. The molecule has 0 aliphatic carbocycles. The van der Waals surface area contributed by atoms with Crippen molar-refractivity contribution in [1.29, 1.82) is 0 Å². The Labute approximate surface area is 257 Å². The Morgan fingerprint density at radius 1 is 1.11 bits per heavy atom. The summed E-state index contributed by atoms with van der Waals surface area (Å²) in [5.74, 6) is -1.77. The van der Waals surface area contributed by atoms with E-state index in [1.807, 2.05) is 13.8 Å².